The van der Waals surface area contributed by atoms with E-state index >= 15 is 0 Å². The Morgan fingerprint density at radius 2 is 1.09 bits per heavy atom. The van der Waals surface area contributed by atoms with Crippen molar-refractivity contribution in [3.63, 3.8) is 0 Å². The predicted molar refractivity (Wildman–Crippen MR) is 133 cm³/mol. The van der Waals surface area contributed by atoms with Crippen molar-refractivity contribution in [1.29, 1.82) is 0 Å². The zero-order chi connectivity index (χ0) is 24.9. The van der Waals surface area contributed by atoms with Gasteiger partial charge in [-0.15, -0.1) is 0 Å². The van der Waals surface area contributed by atoms with Gasteiger partial charge in [-0.3, -0.25) is 19.2 Å². The van der Waals surface area contributed by atoms with Crippen LogP contribution >= 0.6 is 0 Å². The summed E-state index contributed by atoms with van der Waals surface area (Å²) in [5.41, 5.74) is 3.73. The third kappa shape index (κ3) is 6.14. The third-order valence-electron chi connectivity index (χ3n) is 7.69. The van der Waals surface area contributed by atoms with Gasteiger partial charge in [-0.25, -0.2) is 0 Å². The summed E-state index contributed by atoms with van der Waals surface area (Å²) in [7, 11) is 0. The highest BCUT2D eigenvalue weighted by Gasteiger charge is 2.27. The summed E-state index contributed by atoms with van der Waals surface area (Å²) in [6.45, 7) is 3.46. The molecular weight excluding hydrogens is 440 g/mol. The highest BCUT2D eigenvalue weighted by molar-refractivity contribution is 5.92. The molecule has 2 fully saturated rings. The van der Waals surface area contributed by atoms with Crippen molar-refractivity contribution in [2.24, 2.45) is 11.8 Å². The van der Waals surface area contributed by atoms with Crippen molar-refractivity contribution in [3.8, 4) is 0 Å². The van der Waals surface area contributed by atoms with Gasteiger partial charge >= 0.3 is 11.9 Å². The van der Waals surface area contributed by atoms with E-state index < -0.39 is 23.8 Å². The van der Waals surface area contributed by atoms with E-state index in [0.29, 0.717) is 24.4 Å². The Morgan fingerprint density at radius 3 is 1.40 bits per heavy atom. The second kappa shape index (κ2) is 11.1. The standard InChI is InChI=1S/C30H34O5/c1-19(23-13-9-21(10-14-23)17-25-5-3-7-27(25)31)29(33)35-30(34)20(2)24-15-11-22(12-16-24)18-26-6-4-8-28(26)32/h9-16,19-20,25-26H,3-8,17-18H2,1-2H3. The molecule has 4 atom stereocenters. The molecule has 2 aromatic carbocycles. The lowest BCUT2D eigenvalue weighted by Gasteiger charge is -2.15. The molecule has 2 saturated carbocycles. The molecule has 0 saturated heterocycles. The van der Waals surface area contributed by atoms with Gasteiger partial charge in [-0.2, -0.15) is 0 Å². The average molecular weight is 475 g/mol. The van der Waals surface area contributed by atoms with Crippen LogP contribution in [0.2, 0.25) is 0 Å². The Balaban J connectivity index is 1.30. The first-order valence-corrected chi connectivity index (χ1v) is 12.8. The topological polar surface area (TPSA) is 77.5 Å². The maximum Gasteiger partial charge on any atom is 0.320 e. The van der Waals surface area contributed by atoms with E-state index in [2.05, 4.69) is 0 Å². The molecule has 2 aliphatic carbocycles. The monoisotopic (exact) mass is 474 g/mol. The van der Waals surface area contributed by atoms with Crippen LogP contribution in [-0.4, -0.2) is 23.5 Å². The van der Waals surface area contributed by atoms with Crippen LogP contribution < -0.4 is 0 Å². The number of carbonyl (C=O) groups is 4. The number of benzene rings is 2. The highest BCUT2D eigenvalue weighted by atomic mass is 16.6. The molecule has 2 aromatic rings. The Morgan fingerprint density at radius 1 is 0.714 bits per heavy atom. The third-order valence-corrected chi connectivity index (χ3v) is 7.69. The van der Waals surface area contributed by atoms with Crippen molar-refractivity contribution in [2.75, 3.05) is 0 Å². The second-order valence-electron chi connectivity index (χ2n) is 10.2. The number of hydrogen-bond acceptors (Lipinski definition) is 5. The quantitative estimate of drug-likeness (QED) is 0.374. The summed E-state index contributed by atoms with van der Waals surface area (Å²) in [5, 5.41) is 0. The van der Waals surface area contributed by atoms with Gasteiger partial charge in [0.1, 0.15) is 11.6 Å². The van der Waals surface area contributed by atoms with E-state index in [9.17, 15) is 19.2 Å². The fraction of sp³-hybridized carbons (Fsp3) is 0.467. The minimum Gasteiger partial charge on any atom is -0.392 e. The van der Waals surface area contributed by atoms with Crippen LogP contribution in [0.4, 0.5) is 0 Å². The summed E-state index contributed by atoms with van der Waals surface area (Å²) in [6.07, 6.45) is 6.70. The number of rotatable bonds is 8. The van der Waals surface area contributed by atoms with E-state index in [-0.39, 0.29) is 11.8 Å². The zero-order valence-corrected chi connectivity index (χ0v) is 20.6. The largest absolute Gasteiger partial charge is 0.392 e. The van der Waals surface area contributed by atoms with Gasteiger partial charge < -0.3 is 4.74 Å². The molecule has 0 bridgehead atoms. The molecule has 35 heavy (non-hydrogen) atoms. The number of hydrogen-bond donors (Lipinski definition) is 0. The molecule has 0 N–H and O–H groups in total. The van der Waals surface area contributed by atoms with Crippen LogP contribution in [0.15, 0.2) is 48.5 Å². The maximum absolute atomic E-state index is 12.7. The van der Waals surface area contributed by atoms with Crippen molar-refractivity contribution in [3.05, 3.63) is 70.8 Å². The Bertz CT molecular complexity index is 995. The number of Topliss-reactive ketones (excluding diaryl/α,β-unsaturated/α-hetero) is 2. The van der Waals surface area contributed by atoms with E-state index in [4.69, 9.17) is 4.74 Å². The average Bonchev–Trinajstić information content (AvgIpc) is 3.46. The number of carbonyl (C=O) groups excluding carboxylic acids is 4. The number of esters is 2. The fourth-order valence-electron chi connectivity index (χ4n) is 5.21. The lowest BCUT2D eigenvalue weighted by Crippen LogP contribution is -2.21. The molecule has 184 valence electrons. The molecule has 0 aromatic heterocycles. The summed E-state index contributed by atoms with van der Waals surface area (Å²) in [4.78, 5) is 49.1. The summed E-state index contributed by atoms with van der Waals surface area (Å²) in [5.74, 6) is -1.37. The van der Waals surface area contributed by atoms with Gasteiger partial charge in [0.05, 0.1) is 11.8 Å². The molecule has 4 unspecified atom stereocenters. The number of ether oxygens (including phenoxy) is 1. The van der Waals surface area contributed by atoms with Gasteiger partial charge in [0.15, 0.2) is 0 Å². The molecular formula is C30H34O5. The second-order valence-corrected chi connectivity index (χ2v) is 10.2. The van der Waals surface area contributed by atoms with Gasteiger partial charge in [-0.05, 0) is 74.6 Å². The molecule has 2 aliphatic rings. The Hall–Kier alpha value is -3.08. The Kier molecular flexibility index (Phi) is 7.94. The maximum atomic E-state index is 12.7. The van der Waals surface area contributed by atoms with Crippen LogP contribution in [0, 0.1) is 11.8 Å². The van der Waals surface area contributed by atoms with Gasteiger partial charge in [-0.1, -0.05) is 48.5 Å². The van der Waals surface area contributed by atoms with Crippen molar-refractivity contribution in [2.45, 2.75) is 77.0 Å². The van der Waals surface area contributed by atoms with E-state index in [1.807, 2.05) is 48.5 Å². The molecule has 5 nitrogen and oxygen atoms in total. The van der Waals surface area contributed by atoms with Crippen LogP contribution in [0.3, 0.4) is 0 Å². The lowest BCUT2D eigenvalue weighted by molar-refractivity contribution is -0.161. The minimum absolute atomic E-state index is 0.113. The van der Waals surface area contributed by atoms with Crippen molar-refractivity contribution < 1.29 is 23.9 Å². The zero-order valence-electron chi connectivity index (χ0n) is 20.6. The van der Waals surface area contributed by atoms with E-state index in [1.54, 1.807) is 13.8 Å². The van der Waals surface area contributed by atoms with Crippen molar-refractivity contribution >= 4 is 23.5 Å². The highest BCUT2D eigenvalue weighted by Crippen LogP contribution is 2.28. The normalized spacial score (nSPS) is 21.7. The van der Waals surface area contributed by atoms with Gasteiger partial charge in [0.2, 0.25) is 0 Å². The smallest absolute Gasteiger partial charge is 0.320 e. The first-order chi connectivity index (χ1) is 16.8. The molecule has 0 spiro atoms. The lowest BCUT2D eigenvalue weighted by atomic mass is 9.94. The molecule has 5 heteroatoms. The predicted octanol–water partition coefficient (Wildman–Crippen LogP) is 5.49. The van der Waals surface area contributed by atoms with E-state index in [1.165, 1.54) is 0 Å². The molecule has 0 radical (unpaired) electrons. The van der Waals surface area contributed by atoms with Crippen LogP contribution in [0.25, 0.3) is 0 Å². The van der Waals surface area contributed by atoms with E-state index in [0.717, 1.165) is 60.8 Å². The first-order valence-electron chi connectivity index (χ1n) is 12.8. The number of ketones is 2. The fourth-order valence-corrected chi connectivity index (χ4v) is 5.21. The first kappa shape index (κ1) is 25.0. The molecule has 0 aliphatic heterocycles. The summed E-state index contributed by atoms with van der Waals surface area (Å²) < 4.78 is 5.22. The molecule has 4 rings (SSSR count). The van der Waals surface area contributed by atoms with Gasteiger partial charge in [0.25, 0.3) is 0 Å². The SMILES string of the molecule is CC(C(=O)OC(=O)C(C)c1ccc(CC2CCCC2=O)cc1)c1ccc(CC2CCCC2=O)cc1. The van der Waals surface area contributed by atoms with Crippen molar-refractivity contribution in [1.82, 2.24) is 0 Å². The Labute approximate surface area is 207 Å². The molecule has 0 amide bonds. The van der Waals surface area contributed by atoms with Crippen LogP contribution in [-0.2, 0) is 36.8 Å². The van der Waals surface area contributed by atoms with Crippen LogP contribution in [0.1, 0.15) is 86.5 Å². The summed E-state index contributed by atoms with van der Waals surface area (Å²) in [6, 6.07) is 15.3. The van der Waals surface area contributed by atoms with Crippen LogP contribution in [0.5, 0.6) is 0 Å². The van der Waals surface area contributed by atoms with Gasteiger partial charge in [0, 0.05) is 24.7 Å². The minimum atomic E-state index is -0.572. The summed E-state index contributed by atoms with van der Waals surface area (Å²) >= 11 is 0. The molecule has 0 heterocycles.